The van der Waals surface area contributed by atoms with Gasteiger partial charge in [-0.3, -0.25) is 24.1 Å². The fraction of sp³-hybridized carbons (Fsp3) is 0.280. The van der Waals surface area contributed by atoms with Gasteiger partial charge in [-0.1, -0.05) is 0 Å². The van der Waals surface area contributed by atoms with E-state index in [-0.39, 0.29) is 24.0 Å². The number of carbonyl (C=O) groups is 4. The SMILES string of the molecule is COc1cc(/C=C2/SC(=O)N(CC(=O)N3CCCC3)C2=O)cc(I)c1OCC(=O)Nc1ccc(F)cc1. The maximum atomic E-state index is 13.0. The summed E-state index contributed by atoms with van der Waals surface area (Å²) in [7, 11) is 1.44. The van der Waals surface area contributed by atoms with Crippen molar-refractivity contribution in [2.24, 2.45) is 0 Å². The molecule has 0 spiro atoms. The first-order valence-electron chi connectivity index (χ1n) is 11.3. The second kappa shape index (κ2) is 11.9. The molecule has 0 aromatic heterocycles. The van der Waals surface area contributed by atoms with E-state index in [2.05, 4.69) is 5.32 Å². The maximum absolute atomic E-state index is 13.0. The molecule has 0 atom stereocenters. The number of amides is 4. The monoisotopic (exact) mass is 639 g/mol. The van der Waals surface area contributed by atoms with Crippen molar-refractivity contribution in [1.82, 2.24) is 9.80 Å². The first kappa shape index (κ1) is 26.9. The number of carbonyl (C=O) groups excluding carboxylic acids is 4. The Kier molecular flexibility index (Phi) is 8.69. The lowest BCUT2D eigenvalue weighted by atomic mass is 10.2. The number of methoxy groups -OCH3 is 1. The van der Waals surface area contributed by atoms with Crippen LogP contribution in [-0.2, 0) is 14.4 Å². The summed E-state index contributed by atoms with van der Waals surface area (Å²) in [6.45, 7) is 0.708. The number of nitrogens with one attached hydrogen (secondary N) is 1. The molecule has 2 heterocycles. The minimum Gasteiger partial charge on any atom is -0.493 e. The van der Waals surface area contributed by atoms with E-state index in [1.54, 1.807) is 23.1 Å². The van der Waals surface area contributed by atoms with Crippen LogP contribution in [0.15, 0.2) is 41.3 Å². The van der Waals surface area contributed by atoms with Crippen LogP contribution in [0.5, 0.6) is 11.5 Å². The Morgan fingerprint density at radius 3 is 2.54 bits per heavy atom. The Labute approximate surface area is 230 Å². The van der Waals surface area contributed by atoms with Crippen LogP contribution in [0, 0.1) is 9.39 Å². The number of halogens is 2. The van der Waals surface area contributed by atoms with Gasteiger partial charge in [0, 0.05) is 18.8 Å². The van der Waals surface area contributed by atoms with Gasteiger partial charge in [0.25, 0.3) is 17.1 Å². The summed E-state index contributed by atoms with van der Waals surface area (Å²) in [6, 6.07) is 8.70. The van der Waals surface area contributed by atoms with Crippen LogP contribution in [-0.4, -0.2) is 66.1 Å². The van der Waals surface area contributed by atoms with Crippen LogP contribution < -0.4 is 14.8 Å². The summed E-state index contributed by atoms with van der Waals surface area (Å²) >= 11 is 2.80. The van der Waals surface area contributed by atoms with Crippen LogP contribution in [0.1, 0.15) is 18.4 Å². The van der Waals surface area contributed by atoms with E-state index in [4.69, 9.17) is 9.47 Å². The Balaban J connectivity index is 1.43. The lowest BCUT2D eigenvalue weighted by molar-refractivity contribution is -0.135. The number of imide groups is 1. The first-order chi connectivity index (χ1) is 17.7. The Bertz CT molecular complexity index is 1260. The van der Waals surface area contributed by atoms with Crippen molar-refractivity contribution in [2.45, 2.75) is 12.8 Å². The molecule has 0 bridgehead atoms. The van der Waals surface area contributed by atoms with E-state index in [1.165, 1.54) is 31.4 Å². The van der Waals surface area contributed by atoms with E-state index in [1.807, 2.05) is 22.6 Å². The molecule has 2 aromatic carbocycles. The topological polar surface area (TPSA) is 105 Å². The van der Waals surface area contributed by atoms with E-state index in [0.29, 0.717) is 39.4 Å². The highest BCUT2D eigenvalue weighted by Gasteiger charge is 2.37. The highest BCUT2D eigenvalue weighted by molar-refractivity contribution is 14.1. The summed E-state index contributed by atoms with van der Waals surface area (Å²) in [4.78, 5) is 52.8. The molecule has 194 valence electrons. The number of anilines is 1. The number of hydrogen-bond donors (Lipinski definition) is 1. The van der Waals surface area contributed by atoms with Crippen LogP contribution in [0.3, 0.4) is 0 Å². The Hall–Kier alpha value is -3.13. The molecule has 0 radical (unpaired) electrons. The number of rotatable bonds is 8. The van der Waals surface area contributed by atoms with Crippen molar-refractivity contribution in [3.63, 3.8) is 0 Å². The van der Waals surface area contributed by atoms with E-state index < -0.39 is 22.9 Å². The molecule has 9 nitrogen and oxygen atoms in total. The predicted octanol–water partition coefficient (Wildman–Crippen LogP) is 4.12. The zero-order chi connectivity index (χ0) is 26.5. The molecular formula is C25H23FIN3O6S. The Morgan fingerprint density at radius 1 is 1.16 bits per heavy atom. The first-order valence-corrected chi connectivity index (χ1v) is 13.2. The number of likely N-dealkylation sites (tertiary alicyclic amines) is 1. The molecule has 0 aliphatic carbocycles. The predicted molar refractivity (Wildman–Crippen MR) is 145 cm³/mol. The minimum atomic E-state index is -0.519. The minimum absolute atomic E-state index is 0.199. The number of hydrogen-bond acceptors (Lipinski definition) is 7. The number of benzene rings is 2. The molecule has 2 saturated heterocycles. The smallest absolute Gasteiger partial charge is 0.294 e. The maximum Gasteiger partial charge on any atom is 0.294 e. The summed E-state index contributed by atoms with van der Waals surface area (Å²) in [5, 5.41) is 2.12. The van der Waals surface area contributed by atoms with Gasteiger partial charge in [0.15, 0.2) is 18.1 Å². The second-order valence-corrected chi connectivity index (χ2v) is 10.4. The summed E-state index contributed by atoms with van der Waals surface area (Å²) in [5.74, 6) is -0.939. The van der Waals surface area contributed by atoms with Gasteiger partial charge in [0.2, 0.25) is 5.91 Å². The van der Waals surface area contributed by atoms with Crippen LogP contribution in [0.2, 0.25) is 0 Å². The average molecular weight is 639 g/mol. The summed E-state index contributed by atoms with van der Waals surface area (Å²) < 4.78 is 24.7. The molecule has 1 N–H and O–H groups in total. The number of ether oxygens (including phenoxy) is 2. The zero-order valence-corrected chi connectivity index (χ0v) is 22.8. The molecule has 4 amide bonds. The van der Waals surface area contributed by atoms with E-state index in [0.717, 1.165) is 29.5 Å². The van der Waals surface area contributed by atoms with Gasteiger partial charge in [-0.05, 0) is 95.2 Å². The molecule has 2 fully saturated rings. The van der Waals surface area contributed by atoms with Gasteiger partial charge in [0.1, 0.15) is 12.4 Å². The second-order valence-electron chi connectivity index (χ2n) is 8.23. The number of nitrogens with zero attached hydrogens (tertiary/aromatic N) is 2. The van der Waals surface area contributed by atoms with Crippen molar-refractivity contribution in [1.29, 1.82) is 0 Å². The largest absolute Gasteiger partial charge is 0.493 e. The molecule has 37 heavy (non-hydrogen) atoms. The highest BCUT2D eigenvalue weighted by atomic mass is 127. The highest BCUT2D eigenvalue weighted by Crippen LogP contribution is 2.37. The average Bonchev–Trinajstić information content (AvgIpc) is 3.49. The van der Waals surface area contributed by atoms with Gasteiger partial charge in [-0.15, -0.1) is 0 Å². The molecule has 2 aliphatic heterocycles. The van der Waals surface area contributed by atoms with Crippen molar-refractivity contribution in [3.8, 4) is 11.5 Å². The standard InChI is InChI=1S/C25H23FIN3O6S/c1-35-19-11-15(10-18(27)23(19)36-14-21(31)28-17-6-4-16(26)5-7-17)12-20-24(33)30(25(34)37-20)13-22(32)29-8-2-3-9-29/h4-7,10-12H,2-3,8-9,13-14H2,1H3,(H,28,31)/b20-12+. The van der Waals surface area contributed by atoms with Gasteiger partial charge < -0.3 is 19.7 Å². The third-order valence-electron chi connectivity index (χ3n) is 5.65. The molecule has 0 saturated carbocycles. The fourth-order valence-corrected chi connectivity index (χ4v) is 5.44. The van der Waals surface area contributed by atoms with Gasteiger partial charge in [-0.25, -0.2) is 4.39 Å². The Morgan fingerprint density at radius 2 is 1.86 bits per heavy atom. The third-order valence-corrected chi connectivity index (χ3v) is 7.36. The van der Waals surface area contributed by atoms with Crippen LogP contribution >= 0.6 is 34.4 Å². The van der Waals surface area contributed by atoms with Crippen molar-refractivity contribution in [3.05, 3.63) is 56.3 Å². The van der Waals surface area contributed by atoms with Crippen molar-refractivity contribution in [2.75, 3.05) is 38.7 Å². The molecular weight excluding hydrogens is 616 g/mol. The quantitative estimate of drug-likeness (QED) is 0.343. The molecule has 0 unspecified atom stereocenters. The normalized spacial score (nSPS) is 16.5. The number of thioether (sulfide) groups is 1. The van der Waals surface area contributed by atoms with Crippen molar-refractivity contribution >= 4 is 69.1 Å². The zero-order valence-electron chi connectivity index (χ0n) is 19.8. The molecule has 12 heteroatoms. The van der Waals surface area contributed by atoms with Gasteiger partial charge >= 0.3 is 0 Å². The fourth-order valence-electron chi connectivity index (χ4n) is 3.82. The lowest BCUT2D eigenvalue weighted by Crippen LogP contribution is -2.40. The van der Waals surface area contributed by atoms with Crippen LogP contribution in [0.25, 0.3) is 6.08 Å². The third kappa shape index (κ3) is 6.60. The molecule has 4 rings (SSSR count). The summed E-state index contributed by atoms with van der Waals surface area (Å²) in [5.41, 5.74) is 1.02. The van der Waals surface area contributed by atoms with Gasteiger partial charge in [-0.2, -0.15) is 0 Å². The van der Waals surface area contributed by atoms with Crippen molar-refractivity contribution < 1.29 is 33.0 Å². The van der Waals surface area contributed by atoms with Gasteiger partial charge in [0.05, 0.1) is 15.6 Å². The van der Waals surface area contributed by atoms with E-state index >= 15 is 0 Å². The van der Waals surface area contributed by atoms with E-state index in [9.17, 15) is 23.6 Å². The summed E-state index contributed by atoms with van der Waals surface area (Å²) in [6.07, 6.45) is 3.40. The van der Waals surface area contributed by atoms with Crippen LogP contribution in [0.4, 0.5) is 14.9 Å². The lowest BCUT2D eigenvalue weighted by Gasteiger charge is -2.18. The molecule has 2 aromatic rings. The molecule has 2 aliphatic rings.